The first kappa shape index (κ1) is 19.6. The molecular weight excluding hydrogens is 400 g/mol. The van der Waals surface area contributed by atoms with E-state index in [-0.39, 0.29) is 0 Å². The summed E-state index contributed by atoms with van der Waals surface area (Å²) in [5.74, 6) is 1.61. The molecule has 0 fully saturated rings. The highest BCUT2D eigenvalue weighted by atomic mass is 15.1. The van der Waals surface area contributed by atoms with Crippen molar-refractivity contribution in [1.29, 1.82) is 0 Å². The second-order valence-corrected chi connectivity index (χ2v) is 7.61. The van der Waals surface area contributed by atoms with E-state index in [1.54, 1.807) is 18.6 Å². The summed E-state index contributed by atoms with van der Waals surface area (Å²) >= 11 is 0. The predicted octanol–water partition coefficient (Wildman–Crippen LogP) is 2.75. The monoisotopic (exact) mass is 422 g/mol. The minimum Gasteiger partial charge on any atom is -0.336 e. The van der Waals surface area contributed by atoms with Crippen molar-refractivity contribution in [3.8, 4) is 22.8 Å². The zero-order valence-corrected chi connectivity index (χ0v) is 18.1. The molecule has 0 unspecified atom stereocenters. The molecule has 0 radical (unpaired) electrons. The van der Waals surface area contributed by atoms with Crippen molar-refractivity contribution < 1.29 is 0 Å². The van der Waals surface area contributed by atoms with Gasteiger partial charge < -0.3 is 9.55 Å². The van der Waals surface area contributed by atoms with Crippen molar-refractivity contribution in [2.75, 3.05) is 0 Å². The zero-order chi connectivity index (χ0) is 22.2. The minimum atomic E-state index is 0.641. The molecule has 0 aliphatic rings. The van der Waals surface area contributed by atoms with Crippen LogP contribution in [0.4, 0.5) is 0 Å². The molecule has 32 heavy (non-hydrogen) atoms. The molecule has 0 saturated carbocycles. The van der Waals surface area contributed by atoms with E-state index in [0.717, 1.165) is 49.9 Å². The van der Waals surface area contributed by atoms with Crippen molar-refractivity contribution in [3.05, 3.63) is 71.1 Å². The van der Waals surface area contributed by atoms with E-state index in [2.05, 4.69) is 48.2 Å². The Morgan fingerprint density at radius 1 is 1.12 bits per heavy atom. The summed E-state index contributed by atoms with van der Waals surface area (Å²) in [7, 11) is 2.01. The number of nitrogens with one attached hydrogen (secondary N) is 2. The fourth-order valence-electron chi connectivity index (χ4n) is 3.64. The normalized spacial score (nSPS) is 12.7. The molecule has 8 heteroatoms. The van der Waals surface area contributed by atoms with Gasteiger partial charge in [0.15, 0.2) is 5.82 Å². The fourth-order valence-corrected chi connectivity index (χ4v) is 3.64. The Balaban J connectivity index is 1.55. The van der Waals surface area contributed by atoms with Crippen LogP contribution in [0.25, 0.3) is 52.0 Å². The number of rotatable bonds is 4. The summed E-state index contributed by atoms with van der Waals surface area (Å²) in [5.41, 5.74) is 6.17. The summed E-state index contributed by atoms with van der Waals surface area (Å²) < 4.78 is 2.06. The van der Waals surface area contributed by atoms with E-state index in [1.807, 2.05) is 50.5 Å². The third kappa shape index (κ3) is 3.31. The maximum Gasteiger partial charge on any atom is 0.159 e. The van der Waals surface area contributed by atoms with Gasteiger partial charge in [-0.05, 0) is 43.7 Å². The fraction of sp³-hybridized carbons (Fsp3) is 0.125. The number of aryl methyl sites for hydroxylation is 1. The van der Waals surface area contributed by atoms with E-state index in [1.165, 1.54) is 0 Å². The molecule has 0 aliphatic heterocycles. The van der Waals surface area contributed by atoms with Crippen LogP contribution in [0.3, 0.4) is 0 Å². The van der Waals surface area contributed by atoms with Crippen LogP contribution in [0.15, 0.2) is 49.1 Å². The second-order valence-electron chi connectivity index (χ2n) is 7.61. The Kier molecular flexibility index (Phi) is 4.74. The predicted molar refractivity (Wildman–Crippen MR) is 126 cm³/mol. The molecule has 5 heterocycles. The highest BCUT2D eigenvalue weighted by molar-refractivity contribution is 5.90. The SMILES string of the molecule is C=c1c(-c2nc3c(-c4cccnc4)nccc3[nH]2)n[nH]/c1=C/C=C(\C)c1cnc(C)n1C. The van der Waals surface area contributed by atoms with Crippen molar-refractivity contribution in [3.63, 3.8) is 0 Å². The number of fused-ring (bicyclic) bond motifs is 1. The molecular formula is C24H22N8. The number of nitrogens with zero attached hydrogens (tertiary/aromatic N) is 6. The van der Waals surface area contributed by atoms with E-state index in [9.17, 15) is 0 Å². The molecule has 5 aromatic rings. The lowest BCUT2D eigenvalue weighted by molar-refractivity contribution is 0.845. The second kappa shape index (κ2) is 7.73. The van der Waals surface area contributed by atoms with Crippen LogP contribution in [0, 0.1) is 6.92 Å². The summed E-state index contributed by atoms with van der Waals surface area (Å²) in [6.45, 7) is 8.26. The van der Waals surface area contributed by atoms with Crippen LogP contribution in [0.1, 0.15) is 18.4 Å². The van der Waals surface area contributed by atoms with Crippen LogP contribution in [0.2, 0.25) is 0 Å². The highest BCUT2D eigenvalue weighted by Gasteiger charge is 2.14. The van der Waals surface area contributed by atoms with Gasteiger partial charge in [-0.15, -0.1) is 0 Å². The average molecular weight is 422 g/mol. The van der Waals surface area contributed by atoms with Gasteiger partial charge in [0.1, 0.15) is 17.0 Å². The lowest BCUT2D eigenvalue weighted by Gasteiger charge is -2.02. The molecule has 5 aromatic heterocycles. The van der Waals surface area contributed by atoms with Gasteiger partial charge in [-0.25, -0.2) is 9.97 Å². The molecule has 0 atom stereocenters. The molecule has 0 spiro atoms. The van der Waals surface area contributed by atoms with Crippen LogP contribution >= 0.6 is 0 Å². The van der Waals surface area contributed by atoms with Crippen molar-refractivity contribution in [2.45, 2.75) is 13.8 Å². The van der Waals surface area contributed by atoms with Gasteiger partial charge >= 0.3 is 0 Å². The Bertz CT molecular complexity index is 1570. The van der Waals surface area contributed by atoms with Gasteiger partial charge in [0.25, 0.3) is 0 Å². The quantitative estimate of drug-likeness (QED) is 0.464. The number of allylic oxidation sites excluding steroid dienone is 2. The van der Waals surface area contributed by atoms with Crippen LogP contribution in [-0.2, 0) is 7.05 Å². The Hall–Kier alpha value is -4.33. The first-order valence-electron chi connectivity index (χ1n) is 10.2. The molecule has 0 aliphatic carbocycles. The number of pyridine rings is 2. The number of H-pyrrole nitrogens is 2. The molecule has 0 aromatic carbocycles. The number of aromatic amines is 2. The third-order valence-electron chi connectivity index (χ3n) is 5.58. The molecule has 2 N–H and O–H groups in total. The third-order valence-corrected chi connectivity index (χ3v) is 5.58. The van der Waals surface area contributed by atoms with Crippen molar-refractivity contribution >= 4 is 29.3 Å². The van der Waals surface area contributed by atoms with Gasteiger partial charge in [-0.2, -0.15) is 5.10 Å². The molecule has 5 rings (SSSR count). The van der Waals surface area contributed by atoms with E-state index >= 15 is 0 Å². The van der Waals surface area contributed by atoms with Crippen molar-refractivity contribution in [1.82, 2.24) is 39.7 Å². The maximum atomic E-state index is 4.78. The topological polar surface area (TPSA) is 101 Å². The molecule has 0 amide bonds. The standard InChI is InChI=1S/C24H22N8/c1-14(20-13-27-16(3)32(20)4)7-8-18-15(2)21(31-30-18)24-28-19-9-11-26-22(23(19)29-24)17-6-5-10-25-12-17/h5-13,30H,2H2,1,3-4H3,(H,28,29)/b14-7+,18-8+. The number of imidazole rings is 2. The molecule has 8 nitrogen and oxygen atoms in total. The average Bonchev–Trinajstić information content (AvgIpc) is 3.49. The van der Waals surface area contributed by atoms with Crippen LogP contribution < -0.4 is 10.6 Å². The Morgan fingerprint density at radius 3 is 2.75 bits per heavy atom. The smallest absolute Gasteiger partial charge is 0.159 e. The lowest BCUT2D eigenvalue weighted by atomic mass is 10.1. The lowest BCUT2D eigenvalue weighted by Crippen LogP contribution is -2.21. The van der Waals surface area contributed by atoms with Gasteiger partial charge in [-0.1, -0.05) is 12.7 Å². The molecule has 0 saturated heterocycles. The van der Waals surface area contributed by atoms with Gasteiger partial charge in [0, 0.05) is 36.4 Å². The summed E-state index contributed by atoms with van der Waals surface area (Å²) in [5, 5.41) is 9.13. The van der Waals surface area contributed by atoms with Gasteiger partial charge in [0.05, 0.1) is 28.5 Å². The zero-order valence-electron chi connectivity index (χ0n) is 18.1. The number of hydrogen-bond donors (Lipinski definition) is 2. The highest BCUT2D eigenvalue weighted by Crippen LogP contribution is 2.25. The van der Waals surface area contributed by atoms with Gasteiger partial charge in [-0.3, -0.25) is 15.1 Å². The first-order valence-corrected chi connectivity index (χ1v) is 10.2. The van der Waals surface area contributed by atoms with Gasteiger partial charge in [0.2, 0.25) is 0 Å². The summed E-state index contributed by atoms with van der Waals surface area (Å²) in [6, 6.07) is 5.75. The van der Waals surface area contributed by atoms with Crippen LogP contribution in [-0.4, -0.2) is 39.7 Å². The Morgan fingerprint density at radius 2 is 2.00 bits per heavy atom. The summed E-state index contributed by atoms with van der Waals surface area (Å²) in [4.78, 5) is 21.2. The van der Waals surface area contributed by atoms with E-state index in [4.69, 9.17) is 4.98 Å². The number of aromatic nitrogens is 8. The number of hydrogen-bond acceptors (Lipinski definition) is 5. The maximum absolute atomic E-state index is 4.78. The van der Waals surface area contributed by atoms with E-state index in [0.29, 0.717) is 11.5 Å². The minimum absolute atomic E-state index is 0.641. The van der Waals surface area contributed by atoms with Crippen LogP contribution in [0.5, 0.6) is 0 Å². The van der Waals surface area contributed by atoms with E-state index < -0.39 is 0 Å². The molecule has 158 valence electrons. The summed E-state index contributed by atoms with van der Waals surface area (Å²) in [6.07, 6.45) is 11.2. The first-order chi connectivity index (χ1) is 15.5. The van der Waals surface area contributed by atoms with Crippen molar-refractivity contribution in [2.24, 2.45) is 7.05 Å². The molecule has 0 bridgehead atoms. The largest absolute Gasteiger partial charge is 0.336 e. The Labute approximate surface area is 184 Å².